The second kappa shape index (κ2) is 5.74. The number of pyridine rings is 1. The quantitative estimate of drug-likeness (QED) is 0.703. The number of hydrogen-bond donors (Lipinski definition) is 0. The van der Waals surface area contributed by atoms with Gasteiger partial charge in [0.2, 0.25) is 6.23 Å². The van der Waals surface area contributed by atoms with Gasteiger partial charge in [0.05, 0.1) is 11.8 Å². The van der Waals surface area contributed by atoms with Crippen molar-refractivity contribution in [3.05, 3.63) is 95.8 Å². The molecule has 0 saturated heterocycles. The second-order valence-electron chi connectivity index (χ2n) is 6.31. The van der Waals surface area contributed by atoms with Crippen LogP contribution >= 0.6 is 0 Å². The zero-order valence-electron chi connectivity index (χ0n) is 13.6. The van der Waals surface area contributed by atoms with Crippen molar-refractivity contribution in [3.8, 4) is 5.75 Å². The molecule has 0 unspecified atom stereocenters. The van der Waals surface area contributed by atoms with Crippen LogP contribution in [-0.2, 0) is 0 Å². The Balaban J connectivity index is 1.61. The maximum Gasteiger partial charge on any atom is 0.213 e. The number of rotatable bonds is 2. The Bertz CT molecular complexity index is 924. The highest BCUT2D eigenvalue weighted by molar-refractivity contribution is 6.01. The smallest absolute Gasteiger partial charge is 0.213 e. The van der Waals surface area contributed by atoms with E-state index in [2.05, 4.69) is 40.3 Å². The van der Waals surface area contributed by atoms with Gasteiger partial charge in [-0.3, -0.25) is 4.98 Å². The molecule has 0 spiro atoms. The summed E-state index contributed by atoms with van der Waals surface area (Å²) in [5.74, 6) is 0.945. The van der Waals surface area contributed by atoms with Crippen molar-refractivity contribution in [2.45, 2.75) is 18.7 Å². The van der Waals surface area contributed by atoms with Crippen molar-refractivity contribution >= 4 is 5.71 Å². The van der Waals surface area contributed by atoms with Crippen molar-refractivity contribution in [2.75, 3.05) is 0 Å². The third-order valence-electron chi connectivity index (χ3n) is 4.78. The Morgan fingerprint density at radius 1 is 0.920 bits per heavy atom. The number of nitrogens with zero attached hydrogens (tertiary/aromatic N) is 3. The lowest BCUT2D eigenvalue weighted by Crippen LogP contribution is -2.33. The fourth-order valence-corrected chi connectivity index (χ4v) is 3.58. The summed E-state index contributed by atoms with van der Waals surface area (Å²) < 4.78 is 6.32. The molecule has 0 bridgehead atoms. The van der Waals surface area contributed by atoms with Crippen LogP contribution in [0, 0.1) is 0 Å². The largest absolute Gasteiger partial charge is 0.464 e. The van der Waals surface area contributed by atoms with E-state index < -0.39 is 0 Å². The molecule has 5 rings (SSSR count). The Morgan fingerprint density at radius 3 is 2.60 bits per heavy atom. The summed E-state index contributed by atoms with van der Waals surface area (Å²) in [7, 11) is 0. The highest BCUT2D eigenvalue weighted by atomic mass is 16.5. The first-order chi connectivity index (χ1) is 12.4. The summed E-state index contributed by atoms with van der Waals surface area (Å²) >= 11 is 0. The number of hydrogen-bond acceptors (Lipinski definition) is 4. The lowest BCUT2D eigenvalue weighted by atomic mass is 9.96. The number of fused-ring (bicyclic) bond motifs is 3. The molecule has 0 fully saturated rings. The molecule has 1 aromatic heterocycles. The number of aromatic nitrogens is 1. The predicted molar refractivity (Wildman–Crippen MR) is 96.2 cm³/mol. The number of para-hydroxylation sites is 1. The molecule has 122 valence electrons. The molecule has 4 heteroatoms. The van der Waals surface area contributed by atoms with Gasteiger partial charge in [0, 0.05) is 35.5 Å². The maximum absolute atomic E-state index is 6.32. The molecule has 25 heavy (non-hydrogen) atoms. The van der Waals surface area contributed by atoms with Crippen molar-refractivity contribution in [3.63, 3.8) is 0 Å². The standard InChI is InChI=1S/C21H17N3O/c1-2-7-15(8-3-1)21-24-19(17-10-4-5-11-20(17)25-21)13-18(23-24)16-9-6-12-22-14-16/h1-12,14,19,21H,13H2/t19-,21-/m0/s1. The summed E-state index contributed by atoms with van der Waals surface area (Å²) in [5, 5.41) is 7.02. The van der Waals surface area contributed by atoms with E-state index in [-0.39, 0.29) is 12.3 Å². The molecule has 0 saturated carbocycles. The fourth-order valence-electron chi connectivity index (χ4n) is 3.58. The predicted octanol–water partition coefficient (Wildman–Crippen LogP) is 4.32. The van der Waals surface area contributed by atoms with Gasteiger partial charge in [-0.2, -0.15) is 5.10 Å². The minimum Gasteiger partial charge on any atom is -0.464 e. The fraction of sp³-hybridized carbons (Fsp3) is 0.143. The van der Waals surface area contributed by atoms with Crippen LogP contribution in [0.15, 0.2) is 84.2 Å². The number of hydrazone groups is 1. The minimum absolute atomic E-state index is 0.186. The molecule has 0 N–H and O–H groups in total. The monoisotopic (exact) mass is 327 g/mol. The lowest BCUT2D eigenvalue weighted by molar-refractivity contribution is -0.0190. The van der Waals surface area contributed by atoms with E-state index in [9.17, 15) is 0 Å². The van der Waals surface area contributed by atoms with Gasteiger partial charge in [0.25, 0.3) is 0 Å². The van der Waals surface area contributed by atoms with Crippen molar-refractivity contribution < 1.29 is 4.74 Å². The van der Waals surface area contributed by atoms with Gasteiger partial charge < -0.3 is 4.74 Å². The van der Waals surface area contributed by atoms with E-state index in [0.29, 0.717) is 0 Å². The molecule has 2 aliphatic heterocycles. The van der Waals surface area contributed by atoms with E-state index in [1.54, 1.807) is 6.20 Å². The zero-order valence-corrected chi connectivity index (χ0v) is 13.6. The van der Waals surface area contributed by atoms with Gasteiger partial charge in [-0.25, -0.2) is 5.01 Å². The third-order valence-corrected chi connectivity index (χ3v) is 4.78. The van der Waals surface area contributed by atoms with Crippen LogP contribution < -0.4 is 4.74 Å². The first-order valence-electron chi connectivity index (χ1n) is 8.47. The highest BCUT2D eigenvalue weighted by Gasteiger charge is 2.40. The van der Waals surface area contributed by atoms with Gasteiger partial charge in [0.1, 0.15) is 5.75 Å². The highest BCUT2D eigenvalue weighted by Crippen LogP contribution is 2.47. The van der Waals surface area contributed by atoms with Crippen LogP contribution in [0.4, 0.5) is 0 Å². The molecular formula is C21H17N3O. The summed E-state index contributed by atoms with van der Waals surface area (Å²) in [6, 6.07) is 22.7. The summed E-state index contributed by atoms with van der Waals surface area (Å²) in [6.07, 6.45) is 4.31. The first kappa shape index (κ1) is 14.2. The van der Waals surface area contributed by atoms with Gasteiger partial charge in [-0.15, -0.1) is 0 Å². The average molecular weight is 327 g/mol. The van der Waals surface area contributed by atoms with E-state index in [0.717, 1.165) is 29.0 Å². The molecule has 0 amide bonds. The summed E-state index contributed by atoms with van der Waals surface area (Å²) in [6.45, 7) is 0. The first-order valence-corrected chi connectivity index (χ1v) is 8.47. The SMILES string of the molecule is c1ccc([C@@H]2Oc3ccccc3[C@@H]3CC(c4cccnc4)=NN32)cc1. The van der Waals surface area contributed by atoms with Crippen LogP contribution in [0.2, 0.25) is 0 Å². The molecule has 0 radical (unpaired) electrons. The summed E-state index contributed by atoms with van der Waals surface area (Å²) in [5.41, 5.74) is 4.43. The van der Waals surface area contributed by atoms with Gasteiger partial charge in [0.15, 0.2) is 0 Å². The van der Waals surface area contributed by atoms with E-state index in [1.807, 2.05) is 42.6 Å². The molecule has 2 atom stereocenters. The second-order valence-corrected chi connectivity index (χ2v) is 6.31. The molecule has 4 nitrogen and oxygen atoms in total. The average Bonchev–Trinajstić information content (AvgIpc) is 3.14. The molecule has 2 aromatic carbocycles. The Hall–Kier alpha value is -3.14. The van der Waals surface area contributed by atoms with E-state index in [1.165, 1.54) is 5.56 Å². The van der Waals surface area contributed by atoms with Gasteiger partial charge in [-0.1, -0.05) is 54.6 Å². The Morgan fingerprint density at radius 2 is 1.76 bits per heavy atom. The van der Waals surface area contributed by atoms with Crippen LogP contribution in [0.5, 0.6) is 5.75 Å². The topological polar surface area (TPSA) is 37.7 Å². The number of benzene rings is 2. The van der Waals surface area contributed by atoms with Crippen molar-refractivity contribution in [1.29, 1.82) is 0 Å². The van der Waals surface area contributed by atoms with Crippen LogP contribution in [-0.4, -0.2) is 15.7 Å². The summed E-state index contributed by atoms with van der Waals surface area (Å²) in [4.78, 5) is 4.24. The lowest BCUT2D eigenvalue weighted by Gasteiger charge is -2.38. The maximum atomic E-state index is 6.32. The van der Waals surface area contributed by atoms with Gasteiger partial charge >= 0.3 is 0 Å². The van der Waals surface area contributed by atoms with Crippen LogP contribution in [0.25, 0.3) is 0 Å². The van der Waals surface area contributed by atoms with Crippen LogP contribution in [0.1, 0.15) is 35.4 Å². The Kier molecular flexibility index (Phi) is 3.27. The third kappa shape index (κ3) is 2.38. The molecule has 0 aliphatic carbocycles. The van der Waals surface area contributed by atoms with Crippen LogP contribution in [0.3, 0.4) is 0 Å². The van der Waals surface area contributed by atoms with E-state index >= 15 is 0 Å². The minimum atomic E-state index is -0.213. The molecular weight excluding hydrogens is 310 g/mol. The van der Waals surface area contributed by atoms with E-state index in [4.69, 9.17) is 9.84 Å². The molecule has 2 aliphatic rings. The van der Waals surface area contributed by atoms with Crippen molar-refractivity contribution in [1.82, 2.24) is 9.99 Å². The normalized spacial score (nSPS) is 21.1. The molecule has 3 heterocycles. The van der Waals surface area contributed by atoms with Crippen molar-refractivity contribution in [2.24, 2.45) is 5.10 Å². The number of ether oxygens (including phenoxy) is 1. The Labute approximate surface area is 146 Å². The van der Waals surface area contributed by atoms with Gasteiger partial charge in [-0.05, 0) is 12.1 Å². The molecule has 3 aromatic rings. The zero-order chi connectivity index (χ0) is 16.6.